The Labute approximate surface area is 236 Å². The maximum absolute atomic E-state index is 15.5. The number of phenolic OH excluding ortho intramolecular Hbond substituents is 1. The van der Waals surface area contributed by atoms with Gasteiger partial charge in [0, 0.05) is 34.1 Å². The van der Waals surface area contributed by atoms with Crippen molar-refractivity contribution in [3.05, 3.63) is 39.9 Å². The van der Waals surface area contributed by atoms with Gasteiger partial charge in [-0.2, -0.15) is 0 Å². The summed E-state index contributed by atoms with van der Waals surface area (Å²) in [5, 5.41) is 59.2. The van der Waals surface area contributed by atoms with Crippen LogP contribution in [0, 0.1) is 22.6 Å². The smallest absolute Gasteiger partial charge is 0.254 e. The first-order chi connectivity index (χ1) is 18.8. The molecule has 3 aliphatic carbocycles. The predicted molar refractivity (Wildman–Crippen MR) is 148 cm³/mol. The summed E-state index contributed by atoms with van der Waals surface area (Å²) in [4.78, 5) is 40.2. The molecular formula is C28H36FN5O7. The lowest BCUT2D eigenvalue weighted by atomic mass is 9.51. The zero-order chi connectivity index (χ0) is 31.0. The molecule has 0 aromatic heterocycles. The average Bonchev–Trinajstić information content (AvgIpc) is 2.82. The average molecular weight is 574 g/mol. The Morgan fingerprint density at radius 3 is 2.39 bits per heavy atom. The molecule has 2 amide bonds. The number of benzene rings is 1. The van der Waals surface area contributed by atoms with E-state index in [-0.39, 0.29) is 36.2 Å². The summed E-state index contributed by atoms with van der Waals surface area (Å²) in [7, 11) is 3.09. The number of aliphatic hydroxyl groups is 3. The molecule has 222 valence electrons. The van der Waals surface area contributed by atoms with Crippen LogP contribution >= 0.6 is 0 Å². The van der Waals surface area contributed by atoms with E-state index in [1.165, 1.54) is 4.90 Å². The number of nitrogens with one attached hydrogen (secondary N) is 3. The van der Waals surface area contributed by atoms with Gasteiger partial charge in [0.1, 0.15) is 22.9 Å². The fraction of sp³-hybridized carbons (Fsp3) is 0.500. The molecule has 0 spiro atoms. The van der Waals surface area contributed by atoms with E-state index in [9.17, 15) is 34.8 Å². The number of ketones is 1. The predicted octanol–water partition coefficient (Wildman–Crippen LogP) is 1.27. The molecule has 12 nitrogen and oxygen atoms in total. The van der Waals surface area contributed by atoms with Crippen LogP contribution in [0.3, 0.4) is 0 Å². The van der Waals surface area contributed by atoms with Gasteiger partial charge in [-0.05, 0) is 47.7 Å². The monoisotopic (exact) mass is 573 g/mol. The molecule has 1 saturated carbocycles. The minimum absolute atomic E-state index is 0.111. The maximum atomic E-state index is 15.5. The number of hydrogen-bond donors (Lipinski definition) is 8. The lowest BCUT2D eigenvalue weighted by Gasteiger charge is -2.54. The Morgan fingerprint density at radius 2 is 1.85 bits per heavy atom. The van der Waals surface area contributed by atoms with Gasteiger partial charge in [0.2, 0.25) is 11.7 Å². The fourth-order valence-corrected chi connectivity index (χ4v) is 6.33. The number of primary amides is 1. The first kappa shape index (κ1) is 30.2. The summed E-state index contributed by atoms with van der Waals surface area (Å²) in [6, 6.07) is -0.182. The molecule has 0 saturated heterocycles. The van der Waals surface area contributed by atoms with E-state index in [4.69, 9.17) is 11.1 Å². The zero-order valence-corrected chi connectivity index (χ0v) is 23.8. The summed E-state index contributed by atoms with van der Waals surface area (Å²) in [6.45, 7) is 6.94. The minimum Gasteiger partial charge on any atom is -0.510 e. The molecule has 0 heterocycles. The second-order valence-corrected chi connectivity index (χ2v) is 12.5. The highest BCUT2D eigenvalue weighted by atomic mass is 19.1. The number of nitrogens with zero attached hydrogens (tertiary/aromatic N) is 1. The normalized spacial score (nSPS) is 27.9. The minimum atomic E-state index is -2.68. The number of rotatable bonds is 5. The number of carbonyl (C=O) groups is 3. The SMILES string of the molecule is CN(C)[C@@H]1C(O)=C(C(N)=O)C(=N)[C@@]2(O)C(=O)C3=C(O)c4c(O)c(NC(=O)CNC(C)(C)C)cc(F)c4C[C@@]3(C)C[C@@H]12. The molecule has 4 rings (SSSR count). The third-order valence-electron chi connectivity index (χ3n) is 8.18. The number of fused-ring (bicyclic) bond motifs is 3. The van der Waals surface area contributed by atoms with E-state index < -0.39 is 86.0 Å². The Morgan fingerprint density at radius 1 is 1.24 bits per heavy atom. The van der Waals surface area contributed by atoms with Crippen LogP contribution in [0.25, 0.3) is 5.76 Å². The van der Waals surface area contributed by atoms with E-state index in [0.717, 1.165) is 6.07 Å². The molecule has 1 fully saturated rings. The highest BCUT2D eigenvalue weighted by molar-refractivity contribution is 6.34. The maximum Gasteiger partial charge on any atom is 0.254 e. The van der Waals surface area contributed by atoms with Crippen LogP contribution in [-0.2, 0) is 20.8 Å². The number of Topliss-reactive ketones (excluding diaryl/α,β-unsaturated/α-hetero) is 1. The highest BCUT2D eigenvalue weighted by Gasteiger charge is 2.66. The molecule has 9 N–H and O–H groups in total. The third kappa shape index (κ3) is 4.57. The molecule has 1 aromatic rings. The van der Waals surface area contributed by atoms with E-state index in [1.807, 2.05) is 20.8 Å². The molecule has 1 aromatic carbocycles. The van der Waals surface area contributed by atoms with Crippen LogP contribution in [0.4, 0.5) is 10.1 Å². The molecule has 13 heteroatoms. The second-order valence-electron chi connectivity index (χ2n) is 12.5. The number of aliphatic hydroxyl groups excluding tert-OH is 2. The lowest BCUT2D eigenvalue weighted by molar-refractivity contribution is -0.141. The molecule has 3 aliphatic rings. The van der Waals surface area contributed by atoms with Crippen molar-refractivity contribution in [2.75, 3.05) is 26.0 Å². The fourth-order valence-electron chi connectivity index (χ4n) is 6.33. The van der Waals surface area contributed by atoms with Gasteiger partial charge in [0.15, 0.2) is 11.4 Å². The van der Waals surface area contributed by atoms with Crippen molar-refractivity contribution in [1.82, 2.24) is 10.2 Å². The van der Waals surface area contributed by atoms with Gasteiger partial charge in [0.25, 0.3) is 5.91 Å². The topological polar surface area (TPSA) is 209 Å². The number of hydrogen-bond acceptors (Lipinski definition) is 10. The standard InChI is InChI=1S/C28H36FN5O7/c1-26(2,3)32-10-15(35)33-14-7-13(29)11-8-27(4)9-12-19(34(5)6)22(38)17(25(31)40)23(30)28(12,41)24(39)18(27)21(37)16(11)20(14)36/h7,12,19,30,32,36-38,41H,8-10H2,1-6H3,(H2,31,40)(H,33,35)/t12-,19-,27-,28+/m0/s1. The molecule has 0 bridgehead atoms. The van der Waals surface area contributed by atoms with Gasteiger partial charge in [-0.15, -0.1) is 0 Å². The van der Waals surface area contributed by atoms with Crippen molar-refractivity contribution in [2.45, 2.75) is 57.7 Å². The number of carbonyl (C=O) groups excluding carboxylic acids is 3. The van der Waals surface area contributed by atoms with Crippen LogP contribution in [0.2, 0.25) is 0 Å². The highest BCUT2D eigenvalue weighted by Crippen LogP contribution is 2.58. The first-order valence-electron chi connectivity index (χ1n) is 13.1. The Bertz CT molecular complexity index is 1460. The van der Waals surface area contributed by atoms with E-state index in [2.05, 4.69) is 10.6 Å². The molecular weight excluding hydrogens is 537 g/mol. The Balaban J connectivity index is 1.87. The quantitative estimate of drug-likeness (QED) is 0.238. The van der Waals surface area contributed by atoms with Gasteiger partial charge >= 0.3 is 0 Å². The van der Waals surface area contributed by atoms with E-state index in [1.54, 1.807) is 21.0 Å². The zero-order valence-electron chi connectivity index (χ0n) is 23.8. The van der Waals surface area contributed by atoms with Crippen LogP contribution in [0.5, 0.6) is 5.75 Å². The molecule has 41 heavy (non-hydrogen) atoms. The van der Waals surface area contributed by atoms with Crippen LogP contribution in [0.15, 0.2) is 23.0 Å². The summed E-state index contributed by atoms with van der Waals surface area (Å²) in [6.07, 6.45) is -0.313. The molecule has 0 aliphatic heterocycles. The second kappa shape index (κ2) is 9.64. The number of likely N-dealkylation sites (N-methyl/N-ethyl adjacent to an activating group) is 1. The van der Waals surface area contributed by atoms with Gasteiger partial charge in [-0.3, -0.25) is 19.3 Å². The van der Waals surface area contributed by atoms with Gasteiger partial charge < -0.3 is 42.2 Å². The number of anilines is 1. The van der Waals surface area contributed by atoms with Gasteiger partial charge in [0.05, 0.1) is 29.5 Å². The number of amides is 2. The molecule has 4 atom stereocenters. The Kier molecular flexibility index (Phi) is 7.09. The molecule has 0 radical (unpaired) electrons. The van der Waals surface area contributed by atoms with Crippen molar-refractivity contribution < 1.29 is 39.2 Å². The largest absolute Gasteiger partial charge is 0.510 e. The number of phenols is 1. The summed E-state index contributed by atoms with van der Waals surface area (Å²) >= 11 is 0. The van der Waals surface area contributed by atoms with Crippen LogP contribution in [-0.4, -0.2) is 86.5 Å². The van der Waals surface area contributed by atoms with Crippen molar-refractivity contribution in [2.24, 2.45) is 17.1 Å². The number of aromatic hydroxyl groups is 1. The Hall–Kier alpha value is -3.81. The van der Waals surface area contributed by atoms with Crippen molar-refractivity contribution >= 4 is 34.8 Å². The third-order valence-corrected chi connectivity index (χ3v) is 8.18. The van der Waals surface area contributed by atoms with Gasteiger partial charge in [-0.25, -0.2) is 4.39 Å². The summed E-state index contributed by atoms with van der Waals surface area (Å²) in [5.41, 5.74) is -1.83. The van der Waals surface area contributed by atoms with Crippen molar-refractivity contribution in [1.29, 1.82) is 5.41 Å². The van der Waals surface area contributed by atoms with Gasteiger partial charge in [-0.1, -0.05) is 6.92 Å². The number of nitrogens with two attached hydrogens (primary N) is 1. The summed E-state index contributed by atoms with van der Waals surface area (Å²) < 4.78 is 15.5. The first-order valence-corrected chi connectivity index (χ1v) is 13.1. The number of halogens is 1. The van der Waals surface area contributed by atoms with Crippen molar-refractivity contribution in [3.8, 4) is 5.75 Å². The van der Waals surface area contributed by atoms with Crippen LogP contribution in [0.1, 0.15) is 45.2 Å². The van der Waals surface area contributed by atoms with Crippen molar-refractivity contribution in [3.63, 3.8) is 0 Å². The van der Waals surface area contributed by atoms with E-state index >= 15 is 4.39 Å². The van der Waals surface area contributed by atoms with E-state index in [0.29, 0.717) is 0 Å². The lowest BCUT2D eigenvalue weighted by Crippen LogP contribution is -2.68. The summed E-state index contributed by atoms with van der Waals surface area (Å²) in [5.74, 6) is -7.04. The van der Waals surface area contributed by atoms with Crippen LogP contribution < -0.4 is 16.4 Å². The molecule has 0 unspecified atom stereocenters.